The molecular weight excluding hydrogens is 270 g/mol. The van der Waals surface area contributed by atoms with Crippen LogP contribution in [0, 0.1) is 6.92 Å². The number of halogens is 1. The minimum atomic E-state index is 0.698. The summed E-state index contributed by atoms with van der Waals surface area (Å²) in [6, 6.07) is 13.8. The molecule has 0 atom stereocenters. The maximum absolute atomic E-state index is 10.8. The second-order valence-electron chi connectivity index (χ2n) is 4.97. The van der Waals surface area contributed by atoms with Crippen molar-refractivity contribution in [1.82, 2.24) is 4.57 Å². The van der Waals surface area contributed by atoms with Crippen LogP contribution in [-0.4, -0.2) is 10.9 Å². The van der Waals surface area contributed by atoms with Crippen molar-refractivity contribution in [3.05, 3.63) is 70.4 Å². The van der Waals surface area contributed by atoms with E-state index in [4.69, 9.17) is 11.6 Å². The molecule has 3 heteroatoms. The zero-order valence-electron chi connectivity index (χ0n) is 11.1. The Kier molecular flexibility index (Phi) is 3.33. The number of hydrogen-bond donors (Lipinski definition) is 0. The zero-order valence-corrected chi connectivity index (χ0v) is 11.9. The Bertz CT molecular complexity index is 789. The van der Waals surface area contributed by atoms with Gasteiger partial charge in [0.05, 0.1) is 0 Å². The summed E-state index contributed by atoms with van der Waals surface area (Å²) < 4.78 is 2.14. The average molecular weight is 284 g/mol. The summed E-state index contributed by atoms with van der Waals surface area (Å²) in [7, 11) is 0. The van der Waals surface area contributed by atoms with Gasteiger partial charge >= 0.3 is 0 Å². The smallest absolute Gasteiger partial charge is 0.150 e. The highest BCUT2D eigenvalue weighted by Gasteiger charge is 2.05. The van der Waals surface area contributed by atoms with Crippen LogP contribution in [0.15, 0.2) is 48.7 Å². The highest BCUT2D eigenvalue weighted by Crippen LogP contribution is 2.22. The fraction of sp³-hybridized carbons (Fsp3) is 0.118. The average Bonchev–Trinajstić information content (AvgIpc) is 2.84. The first-order valence-electron chi connectivity index (χ1n) is 6.46. The van der Waals surface area contributed by atoms with Crippen LogP contribution in [0.2, 0.25) is 5.02 Å². The van der Waals surface area contributed by atoms with Gasteiger partial charge in [-0.1, -0.05) is 23.7 Å². The molecule has 0 aliphatic heterocycles. The summed E-state index contributed by atoms with van der Waals surface area (Å²) in [6.45, 7) is 2.75. The molecule has 2 aromatic carbocycles. The van der Waals surface area contributed by atoms with Gasteiger partial charge in [-0.25, -0.2) is 0 Å². The van der Waals surface area contributed by atoms with E-state index in [2.05, 4.69) is 16.7 Å². The maximum atomic E-state index is 10.8. The van der Waals surface area contributed by atoms with E-state index in [1.807, 2.05) is 43.5 Å². The van der Waals surface area contributed by atoms with Gasteiger partial charge in [-0.05, 0) is 48.4 Å². The Morgan fingerprint density at radius 1 is 1.15 bits per heavy atom. The number of carbonyl (C=O) groups is 1. The quantitative estimate of drug-likeness (QED) is 0.650. The van der Waals surface area contributed by atoms with Gasteiger partial charge in [-0.15, -0.1) is 0 Å². The van der Waals surface area contributed by atoms with Gasteiger partial charge in [-0.2, -0.15) is 0 Å². The highest BCUT2D eigenvalue weighted by molar-refractivity contribution is 6.31. The van der Waals surface area contributed by atoms with E-state index in [0.717, 1.165) is 39.9 Å². The van der Waals surface area contributed by atoms with E-state index in [9.17, 15) is 4.79 Å². The lowest BCUT2D eigenvalue weighted by atomic mass is 10.1. The summed E-state index contributed by atoms with van der Waals surface area (Å²) in [5.41, 5.74) is 4.05. The normalized spacial score (nSPS) is 10.9. The van der Waals surface area contributed by atoms with Gasteiger partial charge in [0, 0.05) is 34.2 Å². The summed E-state index contributed by atoms with van der Waals surface area (Å²) in [6.07, 6.45) is 2.89. The third-order valence-electron chi connectivity index (χ3n) is 3.48. The molecule has 0 saturated heterocycles. The van der Waals surface area contributed by atoms with Crippen molar-refractivity contribution in [2.24, 2.45) is 0 Å². The molecule has 1 aromatic heterocycles. The van der Waals surface area contributed by atoms with Crippen molar-refractivity contribution in [2.75, 3.05) is 0 Å². The van der Waals surface area contributed by atoms with E-state index in [0.29, 0.717) is 5.56 Å². The zero-order chi connectivity index (χ0) is 14.1. The van der Waals surface area contributed by atoms with Crippen LogP contribution in [0.4, 0.5) is 0 Å². The van der Waals surface area contributed by atoms with Crippen LogP contribution >= 0.6 is 11.6 Å². The van der Waals surface area contributed by atoms with Crippen LogP contribution < -0.4 is 0 Å². The second-order valence-corrected chi connectivity index (χ2v) is 5.38. The third-order valence-corrected chi connectivity index (χ3v) is 3.83. The number of aldehydes is 1. The van der Waals surface area contributed by atoms with E-state index >= 15 is 0 Å². The third kappa shape index (κ3) is 2.35. The number of aromatic nitrogens is 1. The standard InChI is InChI=1S/C17H14ClNO/c1-12-2-4-15(16(18)8-12)10-19-7-6-14-9-13(11-20)3-5-17(14)19/h2-9,11H,10H2,1H3. The number of carbonyl (C=O) groups excluding carboxylic acids is 1. The Balaban J connectivity index is 2.00. The van der Waals surface area contributed by atoms with Crippen molar-refractivity contribution in [1.29, 1.82) is 0 Å². The summed E-state index contributed by atoms with van der Waals surface area (Å²) in [4.78, 5) is 10.8. The van der Waals surface area contributed by atoms with Gasteiger partial charge < -0.3 is 4.57 Å². The Morgan fingerprint density at radius 3 is 2.75 bits per heavy atom. The predicted molar refractivity (Wildman–Crippen MR) is 82.6 cm³/mol. The topological polar surface area (TPSA) is 22.0 Å². The molecule has 2 nitrogen and oxygen atoms in total. The molecule has 0 N–H and O–H groups in total. The van der Waals surface area contributed by atoms with Gasteiger partial charge in [0.25, 0.3) is 0 Å². The fourth-order valence-electron chi connectivity index (χ4n) is 2.39. The SMILES string of the molecule is Cc1ccc(Cn2ccc3cc(C=O)ccc32)c(Cl)c1. The molecule has 0 fully saturated rings. The fourth-order valence-corrected chi connectivity index (χ4v) is 2.69. The molecule has 0 saturated carbocycles. The molecule has 20 heavy (non-hydrogen) atoms. The monoisotopic (exact) mass is 283 g/mol. The first-order valence-corrected chi connectivity index (χ1v) is 6.84. The highest BCUT2D eigenvalue weighted by atomic mass is 35.5. The van der Waals surface area contributed by atoms with Crippen LogP contribution in [0.25, 0.3) is 10.9 Å². The largest absolute Gasteiger partial charge is 0.343 e. The molecule has 3 rings (SSSR count). The number of benzene rings is 2. The molecule has 0 amide bonds. The van der Waals surface area contributed by atoms with Crippen molar-refractivity contribution < 1.29 is 4.79 Å². The van der Waals surface area contributed by atoms with Crippen LogP contribution in [-0.2, 0) is 6.54 Å². The lowest BCUT2D eigenvalue weighted by Crippen LogP contribution is -1.98. The molecule has 0 unspecified atom stereocenters. The summed E-state index contributed by atoms with van der Waals surface area (Å²) in [5.74, 6) is 0. The number of rotatable bonds is 3. The molecule has 0 spiro atoms. The van der Waals surface area contributed by atoms with Crippen LogP contribution in [0.1, 0.15) is 21.5 Å². The lowest BCUT2D eigenvalue weighted by Gasteiger charge is -2.08. The predicted octanol–water partition coefficient (Wildman–Crippen LogP) is 4.46. The van der Waals surface area contributed by atoms with E-state index < -0.39 is 0 Å². The van der Waals surface area contributed by atoms with Crippen LogP contribution in [0.5, 0.6) is 0 Å². The van der Waals surface area contributed by atoms with Gasteiger partial charge in [-0.3, -0.25) is 4.79 Å². The Morgan fingerprint density at radius 2 is 2.00 bits per heavy atom. The minimum Gasteiger partial charge on any atom is -0.343 e. The molecular formula is C17H14ClNO. The van der Waals surface area contributed by atoms with Crippen molar-refractivity contribution in [3.8, 4) is 0 Å². The summed E-state index contributed by atoms with van der Waals surface area (Å²) >= 11 is 6.29. The minimum absolute atomic E-state index is 0.698. The molecule has 100 valence electrons. The number of aryl methyl sites for hydroxylation is 1. The van der Waals surface area contributed by atoms with Crippen molar-refractivity contribution in [3.63, 3.8) is 0 Å². The molecule has 3 aromatic rings. The molecule has 0 aliphatic rings. The maximum Gasteiger partial charge on any atom is 0.150 e. The van der Waals surface area contributed by atoms with E-state index in [1.165, 1.54) is 0 Å². The van der Waals surface area contributed by atoms with Gasteiger partial charge in [0.1, 0.15) is 6.29 Å². The van der Waals surface area contributed by atoms with E-state index in [1.54, 1.807) is 0 Å². The second kappa shape index (κ2) is 5.14. The number of nitrogens with zero attached hydrogens (tertiary/aromatic N) is 1. The van der Waals surface area contributed by atoms with Crippen molar-refractivity contribution >= 4 is 28.8 Å². The first kappa shape index (κ1) is 12.9. The molecule has 0 bridgehead atoms. The Labute approximate surface area is 122 Å². The number of fused-ring (bicyclic) bond motifs is 1. The van der Waals surface area contributed by atoms with Gasteiger partial charge in [0.2, 0.25) is 0 Å². The molecule has 0 radical (unpaired) electrons. The molecule has 1 heterocycles. The number of hydrogen-bond acceptors (Lipinski definition) is 1. The van der Waals surface area contributed by atoms with Crippen LogP contribution in [0.3, 0.4) is 0 Å². The van der Waals surface area contributed by atoms with Crippen molar-refractivity contribution in [2.45, 2.75) is 13.5 Å². The lowest BCUT2D eigenvalue weighted by molar-refractivity contribution is 0.112. The van der Waals surface area contributed by atoms with Gasteiger partial charge in [0.15, 0.2) is 0 Å². The first-order chi connectivity index (χ1) is 9.67. The molecule has 0 aliphatic carbocycles. The summed E-state index contributed by atoms with van der Waals surface area (Å²) in [5, 5.41) is 1.86. The Hall–Kier alpha value is -2.06. The van der Waals surface area contributed by atoms with E-state index in [-0.39, 0.29) is 0 Å².